The van der Waals surface area contributed by atoms with E-state index in [1.54, 1.807) is 24.3 Å². The Balaban J connectivity index is 1.53. The van der Waals surface area contributed by atoms with Crippen molar-refractivity contribution in [3.8, 4) is 17.2 Å². The van der Waals surface area contributed by atoms with E-state index in [1.165, 1.54) is 50.6 Å². The lowest BCUT2D eigenvalue weighted by molar-refractivity contribution is -0.114. The van der Waals surface area contributed by atoms with Gasteiger partial charge in [-0.2, -0.15) is 0 Å². The number of amides is 1. The van der Waals surface area contributed by atoms with Gasteiger partial charge in [-0.1, -0.05) is 42.5 Å². The number of nitrogens with one attached hydrogen (secondary N) is 1. The summed E-state index contributed by atoms with van der Waals surface area (Å²) < 4.78 is 58.9. The summed E-state index contributed by atoms with van der Waals surface area (Å²) in [6, 6.07) is 25.6. The van der Waals surface area contributed by atoms with Crippen molar-refractivity contribution in [2.45, 2.75) is 11.5 Å². The first-order valence-electron chi connectivity index (χ1n) is 11.9. The molecule has 0 unspecified atom stereocenters. The fraction of sp³-hybridized carbons (Fsp3) is 0.138. The van der Waals surface area contributed by atoms with Gasteiger partial charge >= 0.3 is 0 Å². The molecule has 0 aliphatic heterocycles. The quantitative estimate of drug-likeness (QED) is 0.274. The summed E-state index contributed by atoms with van der Waals surface area (Å²) in [6.45, 7) is -0.290. The Kier molecular flexibility index (Phi) is 8.67. The van der Waals surface area contributed by atoms with Crippen molar-refractivity contribution >= 4 is 27.3 Å². The van der Waals surface area contributed by atoms with Gasteiger partial charge in [0.25, 0.3) is 10.0 Å². The van der Waals surface area contributed by atoms with Crippen LogP contribution in [-0.4, -0.2) is 35.1 Å². The van der Waals surface area contributed by atoms with E-state index in [0.29, 0.717) is 23.8 Å². The number of halogens is 1. The summed E-state index contributed by atoms with van der Waals surface area (Å²) in [5.41, 5.74) is 1.16. The second-order valence-corrected chi connectivity index (χ2v) is 10.2. The largest absolute Gasteiger partial charge is 0.493 e. The number of sulfonamides is 1. The normalized spacial score (nSPS) is 10.9. The molecule has 1 N–H and O–H groups in total. The first-order valence-corrected chi connectivity index (χ1v) is 13.3. The molecule has 4 aromatic carbocycles. The van der Waals surface area contributed by atoms with Crippen molar-refractivity contribution in [3.63, 3.8) is 0 Å². The topological polar surface area (TPSA) is 94.2 Å². The number of hydrogen-bond acceptors (Lipinski definition) is 6. The maximum Gasteiger partial charge on any atom is 0.265 e. The summed E-state index contributed by atoms with van der Waals surface area (Å²) in [4.78, 5) is 12.8. The molecule has 39 heavy (non-hydrogen) atoms. The third-order valence-electron chi connectivity index (χ3n) is 5.74. The first-order chi connectivity index (χ1) is 18.8. The molecule has 202 valence electrons. The summed E-state index contributed by atoms with van der Waals surface area (Å²) in [5.74, 6) is -0.371. The number of methoxy groups -OCH3 is 2. The van der Waals surface area contributed by atoms with E-state index in [-0.39, 0.29) is 16.3 Å². The van der Waals surface area contributed by atoms with Gasteiger partial charge in [0.15, 0.2) is 11.5 Å². The van der Waals surface area contributed by atoms with Crippen molar-refractivity contribution in [2.24, 2.45) is 0 Å². The minimum Gasteiger partial charge on any atom is -0.493 e. The van der Waals surface area contributed by atoms with Gasteiger partial charge in [-0.3, -0.25) is 9.10 Å². The Morgan fingerprint density at radius 3 is 2.18 bits per heavy atom. The second kappa shape index (κ2) is 12.3. The third-order valence-corrected chi connectivity index (χ3v) is 7.49. The number of hydrogen-bond donors (Lipinski definition) is 1. The Morgan fingerprint density at radius 1 is 0.846 bits per heavy atom. The fourth-order valence-corrected chi connectivity index (χ4v) is 5.21. The first kappa shape index (κ1) is 27.5. The van der Waals surface area contributed by atoms with Crippen molar-refractivity contribution in [1.29, 1.82) is 0 Å². The van der Waals surface area contributed by atoms with E-state index >= 15 is 0 Å². The van der Waals surface area contributed by atoms with E-state index in [4.69, 9.17) is 14.2 Å². The smallest absolute Gasteiger partial charge is 0.265 e. The Morgan fingerprint density at radius 2 is 1.51 bits per heavy atom. The van der Waals surface area contributed by atoms with E-state index in [0.717, 1.165) is 15.9 Å². The molecule has 4 rings (SSSR count). The molecular formula is C29H27FN2O6S. The SMILES string of the molecule is COc1ccc(S(=O)(=O)N(CC(=O)Nc2ccc(OCc3ccccc3)cc2)c2ccccc2F)cc1OC. The highest BCUT2D eigenvalue weighted by Crippen LogP contribution is 2.33. The summed E-state index contributed by atoms with van der Waals surface area (Å²) in [7, 11) is -1.60. The zero-order chi connectivity index (χ0) is 27.8. The third kappa shape index (κ3) is 6.66. The average molecular weight is 551 g/mol. The second-order valence-electron chi connectivity index (χ2n) is 8.33. The van der Waals surface area contributed by atoms with Gasteiger partial charge in [0, 0.05) is 11.8 Å². The number of carbonyl (C=O) groups is 1. The number of para-hydroxylation sites is 1. The van der Waals surface area contributed by atoms with Crippen molar-refractivity contribution < 1.29 is 31.8 Å². The molecule has 0 spiro atoms. The molecule has 0 atom stereocenters. The molecular weight excluding hydrogens is 523 g/mol. The van der Waals surface area contributed by atoms with Crippen LogP contribution in [0.3, 0.4) is 0 Å². The number of carbonyl (C=O) groups excluding carboxylic acids is 1. The molecule has 0 bridgehead atoms. The van der Waals surface area contributed by atoms with Crippen molar-refractivity contribution in [2.75, 3.05) is 30.4 Å². The maximum absolute atomic E-state index is 14.8. The standard InChI is InChI=1S/C29H27FN2O6S/c1-36-27-17-16-24(18-28(27)37-2)39(34,35)32(26-11-7-6-10-25(26)30)19-29(33)31-22-12-14-23(15-13-22)38-20-21-8-4-3-5-9-21/h3-18H,19-20H2,1-2H3,(H,31,33). The fourth-order valence-electron chi connectivity index (χ4n) is 3.76. The zero-order valence-corrected chi connectivity index (χ0v) is 22.2. The van der Waals surface area contributed by atoms with Gasteiger partial charge in [-0.15, -0.1) is 0 Å². The van der Waals surface area contributed by atoms with Crippen LogP contribution in [-0.2, 0) is 21.4 Å². The van der Waals surface area contributed by atoms with E-state index in [2.05, 4.69) is 5.32 Å². The van der Waals surface area contributed by atoms with Crippen LogP contribution >= 0.6 is 0 Å². The molecule has 10 heteroatoms. The van der Waals surface area contributed by atoms with Crippen molar-refractivity contribution in [3.05, 3.63) is 108 Å². The number of ether oxygens (including phenoxy) is 3. The van der Waals surface area contributed by atoms with Crippen LogP contribution in [0.2, 0.25) is 0 Å². The van der Waals surface area contributed by atoms with E-state index in [1.807, 2.05) is 30.3 Å². The molecule has 0 aromatic heterocycles. The van der Waals surface area contributed by atoms with Crippen LogP contribution in [0, 0.1) is 5.82 Å². The van der Waals surface area contributed by atoms with E-state index in [9.17, 15) is 17.6 Å². The van der Waals surface area contributed by atoms with Crippen molar-refractivity contribution in [1.82, 2.24) is 0 Å². The predicted octanol–water partition coefficient (Wildman–Crippen LogP) is 5.26. The minimum absolute atomic E-state index is 0.172. The van der Waals surface area contributed by atoms with E-state index < -0.39 is 28.3 Å². The highest BCUT2D eigenvalue weighted by atomic mass is 32.2. The number of benzene rings is 4. The number of rotatable bonds is 11. The molecule has 1 amide bonds. The minimum atomic E-state index is -4.39. The molecule has 0 saturated carbocycles. The lowest BCUT2D eigenvalue weighted by Crippen LogP contribution is -2.38. The lowest BCUT2D eigenvalue weighted by Gasteiger charge is -2.25. The van der Waals surface area contributed by atoms with Crippen LogP contribution in [0.5, 0.6) is 17.2 Å². The molecule has 0 heterocycles. The van der Waals surface area contributed by atoms with Gasteiger partial charge in [-0.25, -0.2) is 12.8 Å². The van der Waals surface area contributed by atoms with Gasteiger partial charge in [0.2, 0.25) is 5.91 Å². The molecule has 8 nitrogen and oxygen atoms in total. The Bertz CT molecular complexity index is 1530. The predicted molar refractivity (Wildman–Crippen MR) is 146 cm³/mol. The van der Waals surface area contributed by atoms with Gasteiger partial charge in [-0.05, 0) is 54.1 Å². The molecule has 4 aromatic rings. The Labute approximate surface area is 226 Å². The highest BCUT2D eigenvalue weighted by molar-refractivity contribution is 7.92. The molecule has 0 aliphatic carbocycles. The van der Waals surface area contributed by atoms with Crippen LogP contribution in [0.15, 0.2) is 102 Å². The molecule has 0 fully saturated rings. The van der Waals surface area contributed by atoms with Gasteiger partial charge in [0.05, 0.1) is 24.8 Å². The molecule has 0 radical (unpaired) electrons. The number of nitrogens with zero attached hydrogens (tertiary/aromatic N) is 1. The monoisotopic (exact) mass is 550 g/mol. The summed E-state index contributed by atoms with van der Waals surface area (Å²) in [5, 5.41) is 2.66. The average Bonchev–Trinajstić information content (AvgIpc) is 2.96. The van der Waals surface area contributed by atoms with Crippen LogP contribution in [0.4, 0.5) is 15.8 Å². The maximum atomic E-state index is 14.8. The number of anilines is 2. The summed E-state index contributed by atoms with van der Waals surface area (Å²) >= 11 is 0. The molecule has 0 aliphatic rings. The Hall–Kier alpha value is -4.57. The summed E-state index contributed by atoms with van der Waals surface area (Å²) in [6.07, 6.45) is 0. The van der Waals surface area contributed by atoms with Gasteiger partial charge in [0.1, 0.15) is 24.7 Å². The zero-order valence-electron chi connectivity index (χ0n) is 21.3. The lowest BCUT2D eigenvalue weighted by atomic mass is 10.2. The van der Waals surface area contributed by atoms with Crippen LogP contribution < -0.4 is 23.8 Å². The van der Waals surface area contributed by atoms with Crippen LogP contribution in [0.1, 0.15) is 5.56 Å². The van der Waals surface area contributed by atoms with Gasteiger partial charge < -0.3 is 19.5 Å². The van der Waals surface area contributed by atoms with Crippen LogP contribution in [0.25, 0.3) is 0 Å². The molecule has 0 saturated heterocycles. The highest BCUT2D eigenvalue weighted by Gasteiger charge is 2.30.